The fourth-order valence-electron chi connectivity index (χ4n) is 3.00. The first-order valence-electron chi connectivity index (χ1n) is 7.93. The summed E-state index contributed by atoms with van der Waals surface area (Å²) in [4.78, 5) is 5.12. The normalized spacial score (nSPS) is 18.2. The fourth-order valence-corrected chi connectivity index (χ4v) is 4.95. The van der Waals surface area contributed by atoms with Gasteiger partial charge in [0.25, 0.3) is 0 Å². The number of anilines is 1. The molecule has 0 amide bonds. The Kier molecular flexibility index (Phi) is 5.27. The van der Waals surface area contributed by atoms with Gasteiger partial charge < -0.3 is 10.2 Å². The third kappa shape index (κ3) is 4.02. The molecule has 0 saturated carbocycles. The van der Waals surface area contributed by atoms with E-state index in [1.807, 2.05) is 0 Å². The predicted molar refractivity (Wildman–Crippen MR) is 94.1 cm³/mol. The molecule has 0 unspecified atom stereocenters. The smallest absolute Gasteiger partial charge is 0.370 e. The number of sulfone groups is 1. The Morgan fingerprint density at radius 2 is 2.15 bits per heavy atom. The van der Waals surface area contributed by atoms with Gasteiger partial charge in [-0.15, -0.1) is 11.3 Å². The van der Waals surface area contributed by atoms with E-state index in [0.717, 1.165) is 19.0 Å². The van der Waals surface area contributed by atoms with Crippen molar-refractivity contribution in [2.75, 3.05) is 25.0 Å². The second-order valence-electron chi connectivity index (χ2n) is 6.17. The number of nitrogens with one attached hydrogen (secondary N) is 1. The number of nitrogens with zero attached hydrogens (tertiary/aromatic N) is 2. The average Bonchev–Trinajstić information content (AvgIpc) is 3.26. The maximum absolute atomic E-state index is 13.6. The molecule has 2 heterocycles. The van der Waals surface area contributed by atoms with Crippen LogP contribution in [-0.2, 0) is 21.8 Å². The van der Waals surface area contributed by atoms with Gasteiger partial charge >= 0.3 is 6.18 Å². The van der Waals surface area contributed by atoms with Crippen LogP contribution in [0.5, 0.6) is 0 Å². The monoisotopic (exact) mass is 405 g/mol. The van der Waals surface area contributed by atoms with Gasteiger partial charge in [-0.05, 0) is 31.2 Å². The summed E-state index contributed by atoms with van der Waals surface area (Å²) in [5, 5.41) is 4.68. The Bertz CT molecular complexity index is 861. The van der Waals surface area contributed by atoms with Gasteiger partial charge in [-0.3, -0.25) is 0 Å². The molecule has 1 aromatic heterocycles. The second kappa shape index (κ2) is 7.16. The lowest BCUT2D eigenvalue weighted by atomic mass is 10.1. The molecule has 0 radical (unpaired) electrons. The molecule has 5 nitrogen and oxygen atoms in total. The van der Waals surface area contributed by atoms with Crippen LogP contribution in [0.3, 0.4) is 0 Å². The highest BCUT2D eigenvalue weighted by Gasteiger charge is 2.37. The summed E-state index contributed by atoms with van der Waals surface area (Å²) >= 11 is 1.24. The Labute approximate surface area is 153 Å². The highest BCUT2D eigenvalue weighted by Crippen LogP contribution is 2.39. The number of hydrogen-bond acceptors (Lipinski definition) is 6. The van der Waals surface area contributed by atoms with Gasteiger partial charge in [-0.1, -0.05) is 0 Å². The summed E-state index contributed by atoms with van der Waals surface area (Å²) in [6.07, 6.45) is -3.92. The molecule has 1 aliphatic rings. The lowest BCUT2D eigenvalue weighted by Gasteiger charge is -2.29. The van der Waals surface area contributed by atoms with Gasteiger partial charge in [0.1, 0.15) is 0 Å². The number of halogens is 3. The molecule has 1 atom stereocenters. The highest BCUT2D eigenvalue weighted by molar-refractivity contribution is 7.90. The molecule has 0 spiro atoms. The van der Waals surface area contributed by atoms with Crippen molar-refractivity contribution in [1.29, 1.82) is 0 Å². The minimum absolute atomic E-state index is 0.0150. The van der Waals surface area contributed by atoms with Crippen molar-refractivity contribution in [1.82, 2.24) is 10.3 Å². The number of likely N-dealkylation sites (N-methyl/N-ethyl adjacent to an activating group) is 1. The van der Waals surface area contributed by atoms with Crippen molar-refractivity contribution in [3.05, 3.63) is 40.3 Å². The maximum atomic E-state index is 13.6. The Hall–Kier alpha value is -1.65. The largest absolute Gasteiger partial charge is 0.418 e. The first-order valence-corrected chi connectivity index (χ1v) is 10.5. The molecule has 0 bridgehead atoms. The molecule has 2 aromatic rings. The zero-order valence-electron chi connectivity index (χ0n) is 14.0. The van der Waals surface area contributed by atoms with Gasteiger partial charge in [-0.25, -0.2) is 13.4 Å². The maximum Gasteiger partial charge on any atom is 0.418 e. The number of thiazole rings is 1. The zero-order chi connectivity index (χ0) is 18.9. The van der Waals surface area contributed by atoms with Gasteiger partial charge in [0.05, 0.1) is 27.4 Å². The van der Waals surface area contributed by atoms with Crippen LogP contribution in [0.4, 0.5) is 18.9 Å². The van der Waals surface area contributed by atoms with E-state index in [1.54, 1.807) is 17.3 Å². The standard InChI is InChI=1S/C16H18F3N3O2S2/c1-22(12-4-5-20-7-12)15-3-2-13(6-14(15)16(17,18)19)26(23,24)9-11-8-25-10-21-11/h2-3,6,8,10,12,20H,4-5,7,9H2,1H3/t12-/m0/s1. The van der Waals surface area contributed by atoms with Crippen LogP contribution in [0.1, 0.15) is 17.7 Å². The SMILES string of the molecule is CN(c1ccc(S(=O)(=O)Cc2cscn2)cc1C(F)(F)F)[C@H]1CCNC1. The average molecular weight is 405 g/mol. The van der Waals surface area contributed by atoms with Crippen molar-refractivity contribution >= 4 is 26.9 Å². The molecule has 0 aliphatic carbocycles. The van der Waals surface area contributed by atoms with Gasteiger partial charge in [0, 0.05) is 30.7 Å². The van der Waals surface area contributed by atoms with Crippen molar-refractivity contribution in [3.63, 3.8) is 0 Å². The lowest BCUT2D eigenvalue weighted by Crippen LogP contribution is -2.34. The zero-order valence-corrected chi connectivity index (χ0v) is 15.6. The molecule has 1 N–H and O–H groups in total. The van der Waals surface area contributed by atoms with Gasteiger partial charge in [-0.2, -0.15) is 13.2 Å². The number of rotatable bonds is 5. The number of aromatic nitrogens is 1. The summed E-state index contributed by atoms with van der Waals surface area (Å²) in [7, 11) is -2.31. The van der Waals surface area contributed by atoms with E-state index in [4.69, 9.17) is 0 Å². The second-order valence-corrected chi connectivity index (χ2v) is 8.88. The molecule has 1 aromatic carbocycles. The summed E-state index contributed by atoms with van der Waals surface area (Å²) in [5.41, 5.74) is 0.853. The van der Waals surface area contributed by atoms with Crippen LogP contribution in [-0.4, -0.2) is 39.6 Å². The van der Waals surface area contributed by atoms with E-state index >= 15 is 0 Å². The number of alkyl halides is 3. The van der Waals surface area contributed by atoms with Crippen LogP contribution in [0, 0.1) is 0 Å². The lowest BCUT2D eigenvalue weighted by molar-refractivity contribution is -0.137. The number of benzene rings is 1. The topological polar surface area (TPSA) is 62.3 Å². The Morgan fingerprint density at radius 1 is 1.38 bits per heavy atom. The molecule has 1 aliphatic heterocycles. The molecule has 142 valence electrons. The molecule has 1 fully saturated rings. The Morgan fingerprint density at radius 3 is 2.73 bits per heavy atom. The van der Waals surface area contributed by atoms with Crippen molar-refractivity contribution in [2.45, 2.75) is 29.3 Å². The van der Waals surface area contributed by atoms with E-state index in [0.29, 0.717) is 12.2 Å². The molecular formula is C16H18F3N3O2S2. The summed E-state index contributed by atoms with van der Waals surface area (Å²) in [6, 6.07) is 3.16. The third-order valence-corrected chi connectivity index (χ3v) is 6.70. The molecular weight excluding hydrogens is 387 g/mol. The van der Waals surface area contributed by atoms with Crippen molar-refractivity contribution in [3.8, 4) is 0 Å². The quantitative estimate of drug-likeness (QED) is 0.829. The van der Waals surface area contributed by atoms with Crippen LogP contribution in [0.25, 0.3) is 0 Å². The molecule has 26 heavy (non-hydrogen) atoms. The van der Waals surface area contributed by atoms with E-state index < -0.39 is 27.3 Å². The van der Waals surface area contributed by atoms with Crippen LogP contribution >= 0.6 is 11.3 Å². The van der Waals surface area contributed by atoms with Gasteiger partial charge in [0.15, 0.2) is 9.84 Å². The van der Waals surface area contributed by atoms with E-state index in [-0.39, 0.29) is 16.6 Å². The van der Waals surface area contributed by atoms with Crippen molar-refractivity contribution < 1.29 is 21.6 Å². The van der Waals surface area contributed by atoms with Gasteiger partial charge in [0.2, 0.25) is 0 Å². The molecule has 1 saturated heterocycles. The summed E-state index contributed by atoms with van der Waals surface area (Å²) < 4.78 is 65.8. The summed E-state index contributed by atoms with van der Waals surface area (Å²) in [6.45, 7) is 1.34. The highest BCUT2D eigenvalue weighted by atomic mass is 32.2. The van der Waals surface area contributed by atoms with Crippen LogP contribution < -0.4 is 10.2 Å². The third-order valence-electron chi connectivity index (χ3n) is 4.42. The fraction of sp³-hybridized carbons (Fsp3) is 0.438. The van der Waals surface area contributed by atoms with Crippen LogP contribution in [0.15, 0.2) is 34.0 Å². The van der Waals surface area contributed by atoms with E-state index in [1.165, 1.54) is 29.0 Å². The van der Waals surface area contributed by atoms with Crippen molar-refractivity contribution in [2.24, 2.45) is 0 Å². The first-order chi connectivity index (χ1) is 12.2. The molecule has 10 heteroatoms. The predicted octanol–water partition coefficient (Wildman–Crippen LogP) is 2.93. The minimum Gasteiger partial charge on any atom is -0.370 e. The minimum atomic E-state index is -4.65. The summed E-state index contributed by atoms with van der Waals surface area (Å²) in [5.74, 6) is -0.421. The first kappa shape index (κ1) is 19.1. The molecule has 3 rings (SSSR count). The van der Waals surface area contributed by atoms with E-state index in [9.17, 15) is 21.6 Å². The van der Waals surface area contributed by atoms with Crippen LogP contribution in [0.2, 0.25) is 0 Å². The van der Waals surface area contributed by atoms with E-state index in [2.05, 4.69) is 10.3 Å². The number of hydrogen-bond donors (Lipinski definition) is 1. The Balaban J connectivity index is 1.98.